The normalized spacial score (nSPS) is 15.8. The van der Waals surface area contributed by atoms with Gasteiger partial charge in [-0.3, -0.25) is 4.90 Å². The molecule has 0 saturated carbocycles. The summed E-state index contributed by atoms with van der Waals surface area (Å²) < 4.78 is 2.15. The van der Waals surface area contributed by atoms with Crippen molar-refractivity contribution in [3.63, 3.8) is 0 Å². The highest BCUT2D eigenvalue weighted by Crippen LogP contribution is 2.29. The van der Waals surface area contributed by atoms with Crippen molar-refractivity contribution in [2.24, 2.45) is 0 Å². The lowest BCUT2D eigenvalue weighted by molar-refractivity contribution is 0.245. The molecule has 7 heteroatoms. The van der Waals surface area contributed by atoms with Crippen molar-refractivity contribution in [1.82, 2.24) is 19.8 Å². The summed E-state index contributed by atoms with van der Waals surface area (Å²) >= 11 is 12.8. The summed E-state index contributed by atoms with van der Waals surface area (Å²) in [4.78, 5) is 6.85. The van der Waals surface area contributed by atoms with Crippen LogP contribution < -0.4 is 5.32 Å². The summed E-state index contributed by atoms with van der Waals surface area (Å²) in [6.07, 6.45) is 4.77. The SMILES string of the molecule is N#Cc1ccc(Cn2cncc2CNC2CN(Cc3cccc(Cl)c3Cl)CCc3ccccc32)cc1. The third-order valence-corrected chi connectivity index (χ3v) is 7.62. The summed E-state index contributed by atoms with van der Waals surface area (Å²) in [6.45, 7) is 3.98. The largest absolute Gasteiger partial charge is 0.329 e. The molecule has 0 spiro atoms. The van der Waals surface area contributed by atoms with Gasteiger partial charge in [0.1, 0.15) is 0 Å². The van der Waals surface area contributed by atoms with Gasteiger partial charge < -0.3 is 9.88 Å². The van der Waals surface area contributed by atoms with Crippen LogP contribution in [0.25, 0.3) is 0 Å². The van der Waals surface area contributed by atoms with Gasteiger partial charge in [-0.05, 0) is 46.9 Å². The van der Waals surface area contributed by atoms with Crippen molar-refractivity contribution in [2.75, 3.05) is 13.1 Å². The van der Waals surface area contributed by atoms with Crippen molar-refractivity contribution in [3.8, 4) is 6.07 Å². The molecule has 1 N–H and O–H groups in total. The van der Waals surface area contributed by atoms with Crippen LogP contribution in [0, 0.1) is 11.3 Å². The van der Waals surface area contributed by atoms with Crippen LogP contribution in [-0.2, 0) is 26.1 Å². The minimum Gasteiger partial charge on any atom is -0.329 e. The maximum absolute atomic E-state index is 9.05. The molecule has 4 aromatic rings. The van der Waals surface area contributed by atoms with Gasteiger partial charge in [-0.2, -0.15) is 5.26 Å². The number of halogens is 2. The van der Waals surface area contributed by atoms with Crippen LogP contribution in [0.1, 0.15) is 39.6 Å². The van der Waals surface area contributed by atoms with E-state index in [-0.39, 0.29) is 6.04 Å². The number of nitrogens with one attached hydrogen (secondary N) is 1. The zero-order valence-corrected chi connectivity index (χ0v) is 21.4. The number of nitriles is 1. The highest BCUT2D eigenvalue weighted by Gasteiger charge is 2.23. The van der Waals surface area contributed by atoms with Crippen LogP contribution in [-0.4, -0.2) is 27.5 Å². The van der Waals surface area contributed by atoms with Crippen molar-refractivity contribution in [2.45, 2.75) is 32.1 Å². The lowest BCUT2D eigenvalue weighted by atomic mass is 9.99. The average Bonchev–Trinajstić information content (AvgIpc) is 3.26. The Labute approximate surface area is 221 Å². The van der Waals surface area contributed by atoms with Crippen molar-refractivity contribution < 1.29 is 0 Å². The topological polar surface area (TPSA) is 56.9 Å². The van der Waals surface area contributed by atoms with Crippen LogP contribution in [0.2, 0.25) is 10.0 Å². The quantitative estimate of drug-likeness (QED) is 0.328. The van der Waals surface area contributed by atoms with E-state index in [1.165, 1.54) is 11.1 Å². The van der Waals surface area contributed by atoms with Gasteiger partial charge in [0.25, 0.3) is 0 Å². The molecule has 182 valence electrons. The summed E-state index contributed by atoms with van der Waals surface area (Å²) in [7, 11) is 0. The first-order chi connectivity index (χ1) is 17.6. The number of hydrogen-bond acceptors (Lipinski definition) is 4. The number of imidazole rings is 1. The molecule has 1 aliphatic rings. The van der Waals surface area contributed by atoms with Gasteiger partial charge in [0.05, 0.1) is 33.7 Å². The van der Waals surface area contributed by atoms with Gasteiger partial charge in [0, 0.05) is 45.0 Å². The molecule has 1 unspecified atom stereocenters. The molecule has 0 amide bonds. The monoisotopic (exact) mass is 515 g/mol. The molecule has 1 aliphatic heterocycles. The van der Waals surface area contributed by atoms with Crippen LogP contribution in [0.5, 0.6) is 0 Å². The van der Waals surface area contributed by atoms with Crippen LogP contribution in [0.4, 0.5) is 0 Å². The highest BCUT2D eigenvalue weighted by atomic mass is 35.5. The fourth-order valence-corrected chi connectivity index (χ4v) is 5.18. The van der Waals surface area contributed by atoms with Gasteiger partial charge in [-0.1, -0.05) is 71.7 Å². The molecule has 0 aliphatic carbocycles. The van der Waals surface area contributed by atoms with Crippen molar-refractivity contribution in [1.29, 1.82) is 5.26 Å². The molecule has 5 rings (SSSR count). The van der Waals surface area contributed by atoms with Crippen LogP contribution in [0.15, 0.2) is 79.3 Å². The van der Waals surface area contributed by atoms with Crippen molar-refractivity contribution >= 4 is 23.2 Å². The number of aromatic nitrogens is 2. The Hall–Kier alpha value is -3.14. The highest BCUT2D eigenvalue weighted by molar-refractivity contribution is 6.42. The van der Waals surface area contributed by atoms with Crippen LogP contribution in [0.3, 0.4) is 0 Å². The van der Waals surface area contributed by atoms with Gasteiger partial charge in [0.15, 0.2) is 0 Å². The smallest absolute Gasteiger partial charge is 0.0991 e. The number of benzene rings is 3. The third-order valence-electron chi connectivity index (χ3n) is 6.76. The van der Waals surface area contributed by atoms with E-state index in [9.17, 15) is 0 Å². The number of fused-ring (bicyclic) bond motifs is 1. The standard InChI is InChI=1S/C29H27Cl2N5/c30-27-7-3-5-24(29(27)31)18-35-13-12-23-4-1-2-6-26(23)28(19-35)34-16-25-15-33-20-36(25)17-22-10-8-21(14-32)9-11-22/h1-11,15,20,28,34H,12-13,16-19H2. The average molecular weight is 516 g/mol. The lowest BCUT2D eigenvalue weighted by Crippen LogP contribution is -2.34. The zero-order chi connectivity index (χ0) is 24.9. The first-order valence-corrected chi connectivity index (χ1v) is 12.8. The Bertz CT molecular complexity index is 1370. The molecule has 0 radical (unpaired) electrons. The number of nitrogens with zero attached hydrogens (tertiary/aromatic N) is 4. The first-order valence-electron chi connectivity index (χ1n) is 12.0. The molecule has 0 bridgehead atoms. The fourth-order valence-electron chi connectivity index (χ4n) is 4.80. The maximum Gasteiger partial charge on any atom is 0.0991 e. The lowest BCUT2D eigenvalue weighted by Gasteiger charge is -2.26. The van der Waals surface area contributed by atoms with Gasteiger partial charge in [-0.25, -0.2) is 4.98 Å². The summed E-state index contributed by atoms with van der Waals surface area (Å²) in [6, 6.07) is 24.6. The van der Waals surface area contributed by atoms with E-state index in [1.807, 2.05) is 48.9 Å². The van der Waals surface area contributed by atoms with E-state index in [4.69, 9.17) is 28.5 Å². The predicted octanol–water partition coefficient (Wildman–Crippen LogP) is 6.00. The van der Waals surface area contributed by atoms with E-state index in [0.717, 1.165) is 42.9 Å². The Morgan fingerprint density at radius 3 is 2.67 bits per heavy atom. The molecule has 0 saturated heterocycles. The molecule has 5 nitrogen and oxygen atoms in total. The third kappa shape index (κ3) is 5.64. The minimum atomic E-state index is 0.167. The van der Waals surface area contributed by atoms with E-state index < -0.39 is 0 Å². The second-order valence-electron chi connectivity index (χ2n) is 9.15. The van der Waals surface area contributed by atoms with E-state index in [0.29, 0.717) is 28.7 Å². The molecule has 2 heterocycles. The van der Waals surface area contributed by atoms with Gasteiger partial charge in [0.2, 0.25) is 0 Å². The first kappa shape index (κ1) is 24.5. The molecular formula is C29H27Cl2N5. The molecule has 1 aromatic heterocycles. The molecule has 3 aromatic carbocycles. The molecule has 36 heavy (non-hydrogen) atoms. The summed E-state index contributed by atoms with van der Waals surface area (Å²) in [5, 5.41) is 14.1. The van der Waals surface area contributed by atoms with E-state index in [2.05, 4.69) is 56.2 Å². The van der Waals surface area contributed by atoms with Gasteiger partial charge in [-0.15, -0.1) is 0 Å². The minimum absolute atomic E-state index is 0.167. The number of rotatable bonds is 7. The Balaban J connectivity index is 1.32. The molecule has 1 atom stereocenters. The Kier molecular flexibility index (Phi) is 7.69. The van der Waals surface area contributed by atoms with E-state index in [1.54, 1.807) is 0 Å². The summed E-state index contributed by atoms with van der Waals surface area (Å²) in [5.74, 6) is 0. The molecule has 0 fully saturated rings. The maximum atomic E-state index is 9.05. The van der Waals surface area contributed by atoms with Crippen LogP contribution >= 0.6 is 23.2 Å². The fraction of sp³-hybridized carbons (Fsp3) is 0.241. The Morgan fingerprint density at radius 2 is 1.83 bits per heavy atom. The van der Waals surface area contributed by atoms with Crippen molar-refractivity contribution in [3.05, 3.63) is 123 Å². The summed E-state index contributed by atoms with van der Waals surface area (Å²) in [5.41, 5.74) is 6.69. The predicted molar refractivity (Wildman–Crippen MR) is 144 cm³/mol. The Morgan fingerprint density at radius 1 is 1.00 bits per heavy atom. The van der Waals surface area contributed by atoms with E-state index >= 15 is 0 Å². The number of hydrogen-bond donors (Lipinski definition) is 1. The zero-order valence-electron chi connectivity index (χ0n) is 19.9. The van der Waals surface area contributed by atoms with Gasteiger partial charge >= 0.3 is 0 Å². The second-order valence-corrected chi connectivity index (χ2v) is 9.94. The molecular weight excluding hydrogens is 489 g/mol. The second kappa shape index (κ2) is 11.3.